The fourth-order valence-electron chi connectivity index (χ4n) is 4.02. The molecule has 0 aliphatic carbocycles. The van der Waals surface area contributed by atoms with Gasteiger partial charge in [-0.1, -0.05) is 29.8 Å². The first-order chi connectivity index (χ1) is 16.3. The summed E-state index contributed by atoms with van der Waals surface area (Å²) in [5.74, 6) is 0.290. The summed E-state index contributed by atoms with van der Waals surface area (Å²) in [4.78, 5) is 13.0. The first-order valence-electron chi connectivity index (χ1n) is 10.6. The van der Waals surface area contributed by atoms with Crippen molar-refractivity contribution in [2.45, 2.75) is 25.3 Å². The highest BCUT2D eigenvalue weighted by Gasteiger charge is 2.31. The van der Waals surface area contributed by atoms with Gasteiger partial charge in [0.15, 0.2) is 5.76 Å². The number of ether oxygens (including phenoxy) is 1. The maximum atomic E-state index is 13.0. The standard InChI is InChI=1S/C26H20ClNO5S/c1-3-28-15-17(20-6-4-5-7-22(20)28)14-24-25(29)21-12-13-23(16(2)26(21)32-24)33-34(30,31)19-10-8-18(27)9-11-19/h4-15H,3H2,1-2H3/b24-14+. The van der Waals surface area contributed by atoms with Gasteiger partial charge in [-0.2, -0.15) is 8.42 Å². The monoisotopic (exact) mass is 493 g/mol. The second-order valence-electron chi connectivity index (χ2n) is 7.88. The molecule has 6 nitrogen and oxygen atoms in total. The smallest absolute Gasteiger partial charge is 0.339 e. The average Bonchev–Trinajstić information content (AvgIpc) is 3.34. The zero-order chi connectivity index (χ0) is 24.0. The van der Waals surface area contributed by atoms with Crippen molar-refractivity contribution in [1.29, 1.82) is 0 Å². The molecule has 4 aromatic rings. The summed E-state index contributed by atoms with van der Waals surface area (Å²) in [6.07, 6.45) is 3.71. The van der Waals surface area contributed by atoms with Crippen LogP contribution in [0.4, 0.5) is 0 Å². The number of hydrogen-bond donors (Lipinski definition) is 0. The van der Waals surface area contributed by atoms with Gasteiger partial charge in [0.1, 0.15) is 16.4 Å². The topological polar surface area (TPSA) is 74.6 Å². The summed E-state index contributed by atoms with van der Waals surface area (Å²) in [5, 5.41) is 1.43. The van der Waals surface area contributed by atoms with Gasteiger partial charge >= 0.3 is 10.1 Å². The van der Waals surface area contributed by atoms with E-state index < -0.39 is 10.1 Å². The molecule has 0 saturated heterocycles. The van der Waals surface area contributed by atoms with Gasteiger partial charge < -0.3 is 13.5 Å². The molecule has 0 spiro atoms. The third-order valence-corrected chi connectivity index (χ3v) is 7.29. The molecular weight excluding hydrogens is 474 g/mol. The first-order valence-corrected chi connectivity index (χ1v) is 12.4. The number of halogens is 1. The lowest BCUT2D eigenvalue weighted by molar-refractivity contribution is 0.101. The zero-order valence-corrected chi connectivity index (χ0v) is 20.0. The molecule has 0 fully saturated rings. The molecule has 5 rings (SSSR count). The molecule has 1 aliphatic rings. The van der Waals surface area contributed by atoms with Crippen molar-refractivity contribution in [1.82, 2.24) is 4.57 Å². The van der Waals surface area contributed by atoms with Crippen molar-refractivity contribution < 1.29 is 22.1 Å². The molecule has 0 radical (unpaired) electrons. The zero-order valence-electron chi connectivity index (χ0n) is 18.4. The van der Waals surface area contributed by atoms with E-state index >= 15 is 0 Å². The number of ketones is 1. The van der Waals surface area contributed by atoms with Crippen LogP contribution in [0.2, 0.25) is 5.02 Å². The van der Waals surface area contributed by atoms with Gasteiger partial charge in [-0.3, -0.25) is 4.79 Å². The van der Waals surface area contributed by atoms with Crippen LogP contribution in [0.1, 0.15) is 28.4 Å². The summed E-state index contributed by atoms with van der Waals surface area (Å²) >= 11 is 5.85. The third kappa shape index (κ3) is 3.77. The van der Waals surface area contributed by atoms with E-state index in [0.717, 1.165) is 23.0 Å². The van der Waals surface area contributed by atoms with Crippen LogP contribution in [0.15, 0.2) is 77.5 Å². The number of carbonyl (C=O) groups is 1. The van der Waals surface area contributed by atoms with E-state index in [9.17, 15) is 13.2 Å². The van der Waals surface area contributed by atoms with Gasteiger partial charge in [0.2, 0.25) is 5.78 Å². The summed E-state index contributed by atoms with van der Waals surface area (Å²) in [6, 6.07) is 16.6. The van der Waals surface area contributed by atoms with Crippen LogP contribution in [0.25, 0.3) is 17.0 Å². The van der Waals surface area contributed by atoms with Crippen LogP contribution in [-0.4, -0.2) is 18.8 Å². The number of hydrogen-bond acceptors (Lipinski definition) is 5. The van der Waals surface area contributed by atoms with Crippen LogP contribution in [0.5, 0.6) is 11.5 Å². The molecule has 0 bridgehead atoms. The molecule has 1 aliphatic heterocycles. The largest absolute Gasteiger partial charge is 0.452 e. The SMILES string of the molecule is CCn1cc(/C=C2/Oc3c(ccc(OS(=O)(=O)c4ccc(Cl)cc4)c3C)C2=O)c2ccccc21. The number of aromatic nitrogens is 1. The average molecular weight is 494 g/mol. The molecule has 172 valence electrons. The molecule has 0 N–H and O–H groups in total. The fraction of sp³-hybridized carbons (Fsp3) is 0.115. The Morgan fingerprint density at radius 3 is 2.53 bits per heavy atom. The maximum Gasteiger partial charge on any atom is 0.339 e. The Balaban J connectivity index is 1.49. The second kappa shape index (κ2) is 8.34. The van der Waals surface area contributed by atoms with Crippen LogP contribution in [-0.2, 0) is 16.7 Å². The summed E-state index contributed by atoms with van der Waals surface area (Å²) in [7, 11) is -4.09. The number of carbonyl (C=O) groups excluding carboxylic acids is 1. The predicted octanol–water partition coefficient (Wildman–Crippen LogP) is 6.01. The van der Waals surface area contributed by atoms with Crippen molar-refractivity contribution in [2.24, 2.45) is 0 Å². The van der Waals surface area contributed by atoms with Crippen molar-refractivity contribution in [3.8, 4) is 11.5 Å². The molecule has 3 aromatic carbocycles. The quantitative estimate of drug-likeness (QED) is 0.251. The number of fused-ring (bicyclic) bond motifs is 2. The molecule has 0 saturated carbocycles. The lowest BCUT2D eigenvalue weighted by atomic mass is 10.1. The molecule has 0 atom stereocenters. The van der Waals surface area contributed by atoms with Gasteiger partial charge in [0.05, 0.1) is 5.56 Å². The fourth-order valence-corrected chi connectivity index (χ4v) is 5.13. The molecule has 8 heteroatoms. The number of aryl methyl sites for hydroxylation is 1. The second-order valence-corrected chi connectivity index (χ2v) is 9.87. The Hall–Kier alpha value is -3.55. The highest BCUT2D eigenvalue weighted by atomic mass is 35.5. The third-order valence-electron chi connectivity index (χ3n) is 5.79. The van der Waals surface area contributed by atoms with E-state index in [1.54, 1.807) is 13.0 Å². The van der Waals surface area contributed by atoms with Gasteiger partial charge in [-0.05, 0) is 62.4 Å². The Labute approximate surface area is 202 Å². The highest BCUT2D eigenvalue weighted by molar-refractivity contribution is 7.87. The Kier molecular flexibility index (Phi) is 5.46. The van der Waals surface area contributed by atoms with E-state index in [2.05, 4.69) is 11.5 Å². The van der Waals surface area contributed by atoms with E-state index in [4.69, 9.17) is 20.5 Å². The number of Topliss-reactive ketones (excluding diaryl/α,β-unsaturated/α-hetero) is 1. The van der Waals surface area contributed by atoms with E-state index in [-0.39, 0.29) is 22.2 Å². The Bertz CT molecular complexity index is 1580. The lowest BCUT2D eigenvalue weighted by Gasteiger charge is -2.11. The Morgan fingerprint density at radius 1 is 1.06 bits per heavy atom. The van der Waals surface area contributed by atoms with Crippen LogP contribution in [0, 0.1) is 6.92 Å². The van der Waals surface area contributed by atoms with Gasteiger partial charge in [0, 0.05) is 39.8 Å². The predicted molar refractivity (Wildman–Crippen MR) is 131 cm³/mol. The maximum absolute atomic E-state index is 13.0. The van der Waals surface area contributed by atoms with Crippen LogP contribution in [0.3, 0.4) is 0 Å². The van der Waals surface area contributed by atoms with Gasteiger partial charge in [0.25, 0.3) is 0 Å². The number of para-hydroxylation sites is 1. The van der Waals surface area contributed by atoms with Crippen LogP contribution >= 0.6 is 11.6 Å². The molecular formula is C26H20ClNO5S. The minimum atomic E-state index is -4.09. The highest BCUT2D eigenvalue weighted by Crippen LogP contribution is 2.40. The first kappa shape index (κ1) is 22.3. The molecule has 1 aromatic heterocycles. The van der Waals surface area contributed by atoms with E-state index in [0.29, 0.717) is 21.9 Å². The van der Waals surface area contributed by atoms with Gasteiger partial charge in [-0.25, -0.2) is 0 Å². The number of allylic oxidation sites excluding steroid dienone is 1. The van der Waals surface area contributed by atoms with Crippen molar-refractivity contribution in [3.63, 3.8) is 0 Å². The van der Waals surface area contributed by atoms with Crippen LogP contribution < -0.4 is 8.92 Å². The number of benzene rings is 3. The normalized spacial score (nSPS) is 14.4. The lowest BCUT2D eigenvalue weighted by Crippen LogP contribution is -2.10. The summed E-state index contributed by atoms with van der Waals surface area (Å²) in [6.45, 7) is 4.50. The van der Waals surface area contributed by atoms with E-state index in [1.165, 1.54) is 36.4 Å². The minimum absolute atomic E-state index is 0.0262. The summed E-state index contributed by atoms with van der Waals surface area (Å²) in [5.41, 5.74) is 2.72. The molecule has 0 unspecified atom stereocenters. The minimum Gasteiger partial charge on any atom is -0.452 e. The number of nitrogens with zero attached hydrogens (tertiary/aromatic N) is 1. The molecule has 2 heterocycles. The van der Waals surface area contributed by atoms with Crippen molar-refractivity contribution in [2.75, 3.05) is 0 Å². The molecule has 34 heavy (non-hydrogen) atoms. The van der Waals surface area contributed by atoms with E-state index in [1.807, 2.05) is 30.5 Å². The Morgan fingerprint density at radius 2 is 1.79 bits per heavy atom. The van der Waals surface area contributed by atoms with Crippen molar-refractivity contribution in [3.05, 3.63) is 94.3 Å². The van der Waals surface area contributed by atoms with Gasteiger partial charge in [-0.15, -0.1) is 0 Å². The number of rotatable bonds is 5. The van der Waals surface area contributed by atoms with Crippen molar-refractivity contribution >= 4 is 44.5 Å². The summed E-state index contributed by atoms with van der Waals surface area (Å²) < 4.78 is 38.8. The molecule has 0 amide bonds.